The van der Waals surface area contributed by atoms with Crippen molar-refractivity contribution < 1.29 is 4.42 Å². The summed E-state index contributed by atoms with van der Waals surface area (Å²) < 4.78 is 11.2. The van der Waals surface area contributed by atoms with Crippen LogP contribution in [0.3, 0.4) is 0 Å². The molecule has 12 aromatic rings. The van der Waals surface area contributed by atoms with Crippen molar-refractivity contribution in [1.82, 2.24) is 14.1 Å². The maximum absolute atomic E-state index is 6.42. The summed E-state index contributed by atoms with van der Waals surface area (Å²) in [6, 6.07) is 71.3. The highest BCUT2D eigenvalue weighted by molar-refractivity contribution is 6.11. The fraction of sp³-hybridized carbons (Fsp3) is 0. The van der Waals surface area contributed by atoms with E-state index in [0.29, 0.717) is 0 Å². The van der Waals surface area contributed by atoms with Crippen molar-refractivity contribution in [1.29, 1.82) is 0 Å². The number of furan rings is 1. The fourth-order valence-corrected chi connectivity index (χ4v) is 8.91. The van der Waals surface area contributed by atoms with Gasteiger partial charge in [0.15, 0.2) is 0 Å². The average molecular weight is 728 g/mol. The van der Waals surface area contributed by atoms with Gasteiger partial charge in [0.25, 0.3) is 0 Å². The van der Waals surface area contributed by atoms with Gasteiger partial charge >= 0.3 is 0 Å². The van der Waals surface area contributed by atoms with Gasteiger partial charge in [0.2, 0.25) is 0 Å². The van der Waals surface area contributed by atoms with E-state index in [1.54, 1.807) is 0 Å². The third-order valence-electron chi connectivity index (χ3n) is 11.5. The van der Waals surface area contributed by atoms with Gasteiger partial charge in [-0.05, 0) is 102 Å². The van der Waals surface area contributed by atoms with Crippen LogP contribution in [0.5, 0.6) is 0 Å². The quantitative estimate of drug-likeness (QED) is 0.177. The van der Waals surface area contributed by atoms with E-state index in [2.05, 4.69) is 209 Å². The number of fused-ring (bicyclic) bond motifs is 9. The molecule has 0 bridgehead atoms. The minimum atomic E-state index is 0.857. The molecule has 0 aliphatic carbocycles. The van der Waals surface area contributed by atoms with E-state index in [-0.39, 0.29) is 0 Å². The standard InChI is InChI=1S/C53H33N3O/c1-2-13-34(14-3-1)36-29-37(31-39(30-36)56-50-23-10-6-17-42(50)43-18-7-11-24-51(43)56)47-20-12-19-46(54-47)35-25-27-52-44(32-35)45-33-38(26-28-53(45)57-52)55-48-21-8-4-15-40(48)41-16-5-9-22-49(41)55/h1-33H. The predicted octanol–water partition coefficient (Wildman–Crippen LogP) is 14.2. The maximum Gasteiger partial charge on any atom is 0.135 e. The van der Waals surface area contributed by atoms with Crippen LogP contribution in [0, 0.1) is 0 Å². The molecule has 266 valence electrons. The Morgan fingerprint density at radius 3 is 1.40 bits per heavy atom. The minimum absolute atomic E-state index is 0.857. The van der Waals surface area contributed by atoms with E-state index in [1.165, 1.54) is 43.6 Å². The first-order valence-corrected chi connectivity index (χ1v) is 19.4. The van der Waals surface area contributed by atoms with E-state index >= 15 is 0 Å². The van der Waals surface area contributed by atoms with Gasteiger partial charge in [-0.1, -0.05) is 109 Å². The highest BCUT2D eigenvalue weighted by Crippen LogP contribution is 2.39. The lowest BCUT2D eigenvalue weighted by Gasteiger charge is -2.14. The van der Waals surface area contributed by atoms with Crippen LogP contribution in [-0.4, -0.2) is 14.1 Å². The van der Waals surface area contributed by atoms with E-state index in [1.807, 2.05) is 0 Å². The lowest BCUT2D eigenvalue weighted by Crippen LogP contribution is -1.97. The van der Waals surface area contributed by atoms with Gasteiger partial charge in [-0.15, -0.1) is 0 Å². The Morgan fingerprint density at radius 1 is 0.298 bits per heavy atom. The molecular formula is C53H33N3O. The van der Waals surface area contributed by atoms with Gasteiger partial charge in [0, 0.05) is 54.8 Å². The van der Waals surface area contributed by atoms with E-state index in [4.69, 9.17) is 9.40 Å². The molecule has 8 aromatic carbocycles. The number of nitrogens with zero attached hydrogens (tertiary/aromatic N) is 3. The zero-order valence-corrected chi connectivity index (χ0v) is 30.8. The monoisotopic (exact) mass is 727 g/mol. The second kappa shape index (κ2) is 12.4. The van der Waals surface area contributed by atoms with Gasteiger partial charge in [0.05, 0.1) is 33.5 Å². The highest BCUT2D eigenvalue weighted by atomic mass is 16.3. The number of benzene rings is 8. The van der Waals surface area contributed by atoms with Crippen LogP contribution >= 0.6 is 0 Å². The van der Waals surface area contributed by atoms with Crippen LogP contribution in [0.25, 0.3) is 111 Å². The molecule has 0 aliphatic rings. The minimum Gasteiger partial charge on any atom is -0.456 e. The summed E-state index contributed by atoms with van der Waals surface area (Å²) in [5.41, 5.74) is 14.9. The molecule has 4 heteroatoms. The van der Waals surface area contributed by atoms with Gasteiger partial charge < -0.3 is 13.6 Å². The molecule has 4 aromatic heterocycles. The third-order valence-corrected chi connectivity index (χ3v) is 11.5. The smallest absolute Gasteiger partial charge is 0.135 e. The first-order chi connectivity index (χ1) is 28.2. The Labute approximate surface area is 328 Å². The molecule has 57 heavy (non-hydrogen) atoms. The second-order valence-electron chi connectivity index (χ2n) is 14.8. The molecule has 0 saturated carbocycles. The zero-order chi connectivity index (χ0) is 37.5. The van der Waals surface area contributed by atoms with Crippen molar-refractivity contribution in [3.63, 3.8) is 0 Å². The van der Waals surface area contributed by atoms with Crippen molar-refractivity contribution in [2.45, 2.75) is 0 Å². The predicted molar refractivity (Wildman–Crippen MR) is 237 cm³/mol. The number of aromatic nitrogens is 3. The normalized spacial score (nSPS) is 11.9. The van der Waals surface area contributed by atoms with Crippen molar-refractivity contribution in [3.05, 3.63) is 200 Å². The van der Waals surface area contributed by atoms with Crippen LogP contribution < -0.4 is 0 Å². The van der Waals surface area contributed by atoms with Gasteiger partial charge in [-0.2, -0.15) is 0 Å². The summed E-state index contributed by atoms with van der Waals surface area (Å²) in [6.45, 7) is 0. The lowest BCUT2D eigenvalue weighted by atomic mass is 9.99. The summed E-state index contributed by atoms with van der Waals surface area (Å²) >= 11 is 0. The number of rotatable bonds is 5. The molecule has 0 amide bonds. The zero-order valence-electron chi connectivity index (χ0n) is 30.8. The first kappa shape index (κ1) is 31.6. The number of hydrogen-bond donors (Lipinski definition) is 0. The average Bonchev–Trinajstić information content (AvgIpc) is 3.94. The van der Waals surface area contributed by atoms with Crippen molar-refractivity contribution in [3.8, 4) is 45.0 Å². The molecule has 4 nitrogen and oxygen atoms in total. The molecule has 0 aliphatic heterocycles. The Bertz CT molecular complexity index is 3420. The van der Waals surface area contributed by atoms with Gasteiger partial charge in [-0.25, -0.2) is 4.98 Å². The molecule has 0 saturated heterocycles. The van der Waals surface area contributed by atoms with Crippen molar-refractivity contribution >= 4 is 65.6 Å². The van der Waals surface area contributed by atoms with Crippen LogP contribution in [0.2, 0.25) is 0 Å². The molecule has 0 radical (unpaired) electrons. The summed E-state index contributed by atoms with van der Waals surface area (Å²) in [6.07, 6.45) is 0. The molecule has 0 spiro atoms. The lowest BCUT2D eigenvalue weighted by molar-refractivity contribution is 0.669. The molecule has 0 fully saturated rings. The first-order valence-electron chi connectivity index (χ1n) is 19.4. The maximum atomic E-state index is 6.42. The molecular weight excluding hydrogens is 695 g/mol. The van der Waals surface area contributed by atoms with Crippen LogP contribution in [0.4, 0.5) is 0 Å². The molecule has 0 atom stereocenters. The van der Waals surface area contributed by atoms with Crippen LogP contribution in [0.15, 0.2) is 205 Å². The molecule has 0 N–H and O–H groups in total. The van der Waals surface area contributed by atoms with Gasteiger partial charge in [-0.3, -0.25) is 0 Å². The largest absolute Gasteiger partial charge is 0.456 e. The number of pyridine rings is 1. The molecule has 12 rings (SSSR count). The van der Waals surface area contributed by atoms with Gasteiger partial charge in [0.1, 0.15) is 11.2 Å². The Kier molecular flexibility index (Phi) is 6.89. The Morgan fingerprint density at radius 2 is 0.789 bits per heavy atom. The number of para-hydroxylation sites is 4. The highest BCUT2D eigenvalue weighted by Gasteiger charge is 2.17. The van der Waals surface area contributed by atoms with Crippen molar-refractivity contribution in [2.75, 3.05) is 0 Å². The van der Waals surface area contributed by atoms with E-state index < -0.39 is 0 Å². The van der Waals surface area contributed by atoms with Crippen molar-refractivity contribution in [2.24, 2.45) is 0 Å². The Hall–Kier alpha value is -7.69. The SMILES string of the molecule is c1ccc(-c2cc(-c3cccc(-c4ccc5oc6ccc(-n7c8ccccc8c8ccccc87)cc6c5c4)n3)cc(-n3c4ccccc4c4ccccc43)c2)cc1. The summed E-state index contributed by atoms with van der Waals surface area (Å²) in [5, 5.41) is 7.12. The Balaban J connectivity index is 1.00. The molecule has 4 heterocycles. The molecule has 0 unspecified atom stereocenters. The fourth-order valence-electron chi connectivity index (χ4n) is 8.91. The third kappa shape index (κ3) is 4.98. The topological polar surface area (TPSA) is 35.9 Å². The second-order valence-corrected chi connectivity index (χ2v) is 14.8. The van der Waals surface area contributed by atoms with E-state index in [0.717, 1.165) is 67.0 Å². The summed E-state index contributed by atoms with van der Waals surface area (Å²) in [4.78, 5) is 5.35. The van der Waals surface area contributed by atoms with Crippen LogP contribution in [0.1, 0.15) is 0 Å². The summed E-state index contributed by atoms with van der Waals surface area (Å²) in [7, 11) is 0. The number of hydrogen-bond acceptors (Lipinski definition) is 2. The van der Waals surface area contributed by atoms with Crippen LogP contribution in [-0.2, 0) is 0 Å². The van der Waals surface area contributed by atoms with E-state index in [9.17, 15) is 0 Å². The summed E-state index contributed by atoms with van der Waals surface area (Å²) in [5.74, 6) is 0.